The van der Waals surface area contributed by atoms with Gasteiger partial charge in [-0.05, 0) is 43.3 Å². The van der Waals surface area contributed by atoms with E-state index < -0.39 is 0 Å². The Balaban J connectivity index is 1.82. The fourth-order valence-electron chi connectivity index (χ4n) is 1.99. The zero-order valence-corrected chi connectivity index (χ0v) is 13.8. The van der Waals surface area contributed by atoms with E-state index in [1.807, 2.05) is 31.2 Å². The van der Waals surface area contributed by atoms with Gasteiger partial charge in [-0.3, -0.25) is 0 Å². The van der Waals surface area contributed by atoms with E-state index in [2.05, 4.69) is 22.5 Å². The highest BCUT2D eigenvalue weighted by molar-refractivity contribution is 5.89. The number of hydrogen-bond donors (Lipinski definition) is 2. The van der Waals surface area contributed by atoms with Crippen LogP contribution in [0.25, 0.3) is 0 Å². The van der Waals surface area contributed by atoms with Crippen LogP contribution >= 0.6 is 0 Å². The smallest absolute Gasteiger partial charge is 0.319 e. The van der Waals surface area contributed by atoms with Crippen LogP contribution in [0.5, 0.6) is 11.5 Å². The molecule has 0 aliphatic rings. The zero-order chi connectivity index (χ0) is 17.2. The topological polar surface area (TPSA) is 59.6 Å². The van der Waals surface area contributed by atoms with Gasteiger partial charge in [-0.2, -0.15) is 0 Å². The van der Waals surface area contributed by atoms with Crippen molar-refractivity contribution in [2.45, 2.75) is 6.92 Å². The molecule has 5 nitrogen and oxygen atoms in total. The van der Waals surface area contributed by atoms with Gasteiger partial charge in [0, 0.05) is 5.69 Å². The van der Waals surface area contributed by atoms with E-state index in [1.54, 1.807) is 31.4 Å². The maximum absolute atomic E-state index is 11.8. The summed E-state index contributed by atoms with van der Waals surface area (Å²) in [4.78, 5) is 11.8. The number of para-hydroxylation sites is 1. The second kappa shape index (κ2) is 9.11. The predicted octanol–water partition coefficient (Wildman–Crippen LogP) is 3.27. The van der Waals surface area contributed by atoms with Gasteiger partial charge >= 0.3 is 6.03 Å². The molecule has 0 radical (unpaired) electrons. The minimum absolute atomic E-state index is 0.237. The van der Waals surface area contributed by atoms with Crippen molar-refractivity contribution in [2.75, 3.05) is 25.6 Å². The Morgan fingerprint density at radius 2 is 1.88 bits per heavy atom. The first-order chi connectivity index (χ1) is 11.7. The van der Waals surface area contributed by atoms with Crippen molar-refractivity contribution in [3.8, 4) is 23.3 Å². The Labute approximate surface area is 142 Å². The van der Waals surface area contributed by atoms with E-state index >= 15 is 0 Å². The number of nitrogens with one attached hydrogen (secondary N) is 2. The van der Waals surface area contributed by atoms with Crippen molar-refractivity contribution in [2.24, 2.45) is 0 Å². The number of hydrogen-bond acceptors (Lipinski definition) is 3. The third-order valence-corrected chi connectivity index (χ3v) is 3.09. The Kier molecular flexibility index (Phi) is 6.54. The molecule has 0 saturated carbocycles. The third-order valence-electron chi connectivity index (χ3n) is 3.09. The number of carbonyl (C=O) groups excluding carboxylic acids is 1. The van der Waals surface area contributed by atoms with Gasteiger partial charge in [-0.25, -0.2) is 4.79 Å². The average molecular weight is 324 g/mol. The lowest BCUT2D eigenvalue weighted by Gasteiger charge is -2.07. The minimum Gasteiger partial charge on any atom is -0.495 e. The number of methoxy groups -OCH3 is 1. The van der Waals surface area contributed by atoms with Gasteiger partial charge in [0.05, 0.1) is 25.8 Å². The SMILES string of the molecule is CCOc1ccc(NC(=O)NCC#Cc2ccccc2OC)cc1. The number of rotatable bonds is 5. The van der Waals surface area contributed by atoms with E-state index in [0.29, 0.717) is 18.0 Å². The molecule has 0 fully saturated rings. The van der Waals surface area contributed by atoms with Crippen LogP contribution < -0.4 is 20.1 Å². The van der Waals surface area contributed by atoms with Crippen molar-refractivity contribution < 1.29 is 14.3 Å². The van der Waals surface area contributed by atoms with E-state index in [-0.39, 0.29) is 12.6 Å². The molecule has 0 aromatic heterocycles. The van der Waals surface area contributed by atoms with Gasteiger partial charge in [0.1, 0.15) is 11.5 Å². The summed E-state index contributed by atoms with van der Waals surface area (Å²) in [6.45, 7) is 2.77. The monoisotopic (exact) mass is 324 g/mol. The molecule has 2 N–H and O–H groups in total. The molecule has 2 rings (SSSR count). The molecule has 0 aliphatic carbocycles. The van der Waals surface area contributed by atoms with Crippen LogP contribution in [0.15, 0.2) is 48.5 Å². The molecule has 0 bridgehead atoms. The summed E-state index contributed by atoms with van der Waals surface area (Å²) in [6, 6.07) is 14.3. The number of urea groups is 1. The molecule has 0 spiro atoms. The molecular weight excluding hydrogens is 304 g/mol. The van der Waals surface area contributed by atoms with Crippen molar-refractivity contribution >= 4 is 11.7 Å². The molecule has 0 heterocycles. The van der Waals surface area contributed by atoms with E-state index in [9.17, 15) is 4.79 Å². The van der Waals surface area contributed by atoms with E-state index in [4.69, 9.17) is 9.47 Å². The first-order valence-electron chi connectivity index (χ1n) is 7.62. The molecule has 2 amide bonds. The van der Waals surface area contributed by atoms with Gasteiger partial charge in [-0.1, -0.05) is 24.0 Å². The number of benzene rings is 2. The predicted molar refractivity (Wildman–Crippen MR) is 94.5 cm³/mol. The van der Waals surface area contributed by atoms with Gasteiger partial charge in [-0.15, -0.1) is 0 Å². The molecule has 0 aliphatic heterocycles. The Morgan fingerprint density at radius 1 is 1.12 bits per heavy atom. The van der Waals surface area contributed by atoms with Crippen LogP contribution in [0.4, 0.5) is 10.5 Å². The summed E-state index contributed by atoms with van der Waals surface area (Å²) >= 11 is 0. The van der Waals surface area contributed by atoms with Gasteiger partial charge in [0.2, 0.25) is 0 Å². The Hall–Kier alpha value is -3.13. The maximum Gasteiger partial charge on any atom is 0.319 e. The molecule has 2 aromatic carbocycles. The number of anilines is 1. The van der Waals surface area contributed by atoms with Crippen LogP contribution in [-0.4, -0.2) is 26.3 Å². The zero-order valence-electron chi connectivity index (χ0n) is 13.8. The highest BCUT2D eigenvalue weighted by Gasteiger charge is 2.01. The van der Waals surface area contributed by atoms with Crippen LogP contribution in [-0.2, 0) is 0 Å². The lowest BCUT2D eigenvalue weighted by atomic mass is 10.2. The molecule has 0 unspecified atom stereocenters. The summed E-state index contributed by atoms with van der Waals surface area (Å²) in [5.41, 5.74) is 1.47. The van der Waals surface area contributed by atoms with Crippen LogP contribution in [0.3, 0.4) is 0 Å². The van der Waals surface area contributed by atoms with Crippen molar-refractivity contribution in [3.05, 3.63) is 54.1 Å². The largest absolute Gasteiger partial charge is 0.495 e. The molecule has 0 saturated heterocycles. The second-order valence-corrected chi connectivity index (χ2v) is 4.77. The van der Waals surface area contributed by atoms with Gasteiger partial charge < -0.3 is 20.1 Å². The summed E-state index contributed by atoms with van der Waals surface area (Å²) in [5, 5.41) is 5.42. The molecule has 5 heteroatoms. The van der Waals surface area contributed by atoms with Gasteiger partial charge in [0.15, 0.2) is 0 Å². The number of carbonyl (C=O) groups is 1. The quantitative estimate of drug-likeness (QED) is 0.830. The molecular formula is C19H20N2O3. The highest BCUT2D eigenvalue weighted by Crippen LogP contribution is 2.16. The van der Waals surface area contributed by atoms with Crippen LogP contribution in [0.1, 0.15) is 12.5 Å². The minimum atomic E-state index is -0.312. The van der Waals surface area contributed by atoms with Crippen molar-refractivity contribution in [1.29, 1.82) is 0 Å². The number of amides is 2. The molecule has 2 aromatic rings. The van der Waals surface area contributed by atoms with E-state index in [1.165, 1.54) is 0 Å². The molecule has 24 heavy (non-hydrogen) atoms. The average Bonchev–Trinajstić information content (AvgIpc) is 2.61. The Bertz CT molecular complexity index is 730. The van der Waals surface area contributed by atoms with E-state index in [0.717, 1.165) is 11.3 Å². The fourth-order valence-corrected chi connectivity index (χ4v) is 1.99. The lowest BCUT2D eigenvalue weighted by Crippen LogP contribution is -2.28. The summed E-state index contributed by atoms with van der Waals surface area (Å²) in [6.07, 6.45) is 0. The highest BCUT2D eigenvalue weighted by atomic mass is 16.5. The van der Waals surface area contributed by atoms with Crippen LogP contribution in [0, 0.1) is 11.8 Å². The van der Waals surface area contributed by atoms with Crippen molar-refractivity contribution in [1.82, 2.24) is 5.32 Å². The number of ether oxygens (including phenoxy) is 2. The normalized spacial score (nSPS) is 9.42. The fraction of sp³-hybridized carbons (Fsp3) is 0.211. The summed E-state index contributed by atoms with van der Waals surface area (Å²) < 4.78 is 10.6. The molecule has 0 atom stereocenters. The maximum atomic E-state index is 11.8. The first-order valence-corrected chi connectivity index (χ1v) is 7.62. The van der Waals surface area contributed by atoms with Crippen molar-refractivity contribution in [3.63, 3.8) is 0 Å². The van der Waals surface area contributed by atoms with Gasteiger partial charge in [0.25, 0.3) is 0 Å². The lowest BCUT2D eigenvalue weighted by molar-refractivity contribution is 0.253. The first kappa shape index (κ1) is 17.2. The van der Waals surface area contributed by atoms with Crippen LogP contribution in [0.2, 0.25) is 0 Å². The molecule has 124 valence electrons. The summed E-state index contributed by atoms with van der Waals surface area (Å²) in [5.74, 6) is 7.35. The Morgan fingerprint density at radius 3 is 2.58 bits per heavy atom. The summed E-state index contributed by atoms with van der Waals surface area (Å²) in [7, 11) is 1.60. The third kappa shape index (κ3) is 5.25. The second-order valence-electron chi connectivity index (χ2n) is 4.77. The standard InChI is InChI=1S/C19H20N2O3/c1-3-24-17-12-10-16(11-13-17)21-19(22)20-14-6-8-15-7-4-5-9-18(15)23-2/h4-5,7,9-13H,3,14H2,1-2H3,(H2,20,21,22).